The lowest BCUT2D eigenvalue weighted by Gasteiger charge is -2.09. The van der Waals surface area contributed by atoms with Crippen LogP contribution in [0.3, 0.4) is 0 Å². The fraction of sp³-hybridized carbons (Fsp3) is 0.395. The van der Waals surface area contributed by atoms with Crippen LogP contribution in [0.5, 0.6) is 11.5 Å². The van der Waals surface area contributed by atoms with Crippen molar-refractivity contribution in [2.24, 2.45) is 0 Å². The molecule has 0 aromatic heterocycles. The molecular formula is C38H45ClO7. The van der Waals surface area contributed by atoms with E-state index in [4.69, 9.17) is 30.5 Å². The number of ether oxygens (including phenoxy) is 4. The highest BCUT2D eigenvalue weighted by Crippen LogP contribution is 2.24. The van der Waals surface area contributed by atoms with E-state index in [1.54, 1.807) is 55.5 Å². The molecule has 0 N–H and O–H groups in total. The second-order valence-electron chi connectivity index (χ2n) is 11.2. The first-order valence-corrected chi connectivity index (χ1v) is 16.6. The van der Waals surface area contributed by atoms with Crippen LogP contribution in [0.4, 0.5) is 0 Å². The highest BCUT2D eigenvalue weighted by Gasteiger charge is 2.11. The van der Waals surface area contributed by atoms with Gasteiger partial charge in [-0.25, -0.2) is 14.4 Å². The maximum absolute atomic E-state index is 12.7. The van der Waals surface area contributed by atoms with E-state index in [9.17, 15) is 14.4 Å². The standard InChI is InChI=1S/C38H45ClO7/c1-3-36(40)44-27-13-11-9-7-5-4-6-8-10-12-26-43-34-22-20-33(21-23-34)38(42)46-35-24-18-31(19-25-35)30-14-16-32(17-15-30)37(41)45-28-29(2)39/h3,14-25,29H,1,4-13,26-28H2,2H3. The summed E-state index contributed by atoms with van der Waals surface area (Å²) in [5.41, 5.74) is 2.74. The Morgan fingerprint density at radius 1 is 0.630 bits per heavy atom. The normalized spacial score (nSPS) is 11.3. The van der Waals surface area contributed by atoms with Crippen molar-refractivity contribution in [3.05, 3.63) is 96.6 Å². The molecule has 0 radical (unpaired) electrons. The zero-order valence-electron chi connectivity index (χ0n) is 26.7. The van der Waals surface area contributed by atoms with E-state index < -0.39 is 11.9 Å². The quantitative estimate of drug-likeness (QED) is 0.0374. The van der Waals surface area contributed by atoms with Crippen LogP contribution in [0.1, 0.15) is 91.8 Å². The monoisotopic (exact) mass is 648 g/mol. The number of rotatable bonds is 21. The molecule has 0 saturated carbocycles. The summed E-state index contributed by atoms with van der Waals surface area (Å²) in [5.74, 6) is -0.0303. The summed E-state index contributed by atoms with van der Waals surface area (Å²) in [6.45, 7) is 6.44. The summed E-state index contributed by atoms with van der Waals surface area (Å²) in [7, 11) is 0. The van der Waals surface area contributed by atoms with E-state index in [0.717, 1.165) is 42.6 Å². The fourth-order valence-electron chi connectivity index (χ4n) is 4.68. The highest BCUT2D eigenvalue weighted by atomic mass is 35.5. The molecule has 7 nitrogen and oxygen atoms in total. The van der Waals surface area contributed by atoms with Crippen LogP contribution in [0, 0.1) is 0 Å². The number of hydrogen-bond donors (Lipinski definition) is 0. The average molecular weight is 649 g/mol. The van der Waals surface area contributed by atoms with Gasteiger partial charge in [0, 0.05) is 6.08 Å². The zero-order valence-corrected chi connectivity index (χ0v) is 27.5. The zero-order chi connectivity index (χ0) is 33.0. The summed E-state index contributed by atoms with van der Waals surface area (Å²) in [4.78, 5) is 35.7. The van der Waals surface area contributed by atoms with Crippen molar-refractivity contribution in [2.75, 3.05) is 19.8 Å². The number of carbonyl (C=O) groups is 3. The lowest BCUT2D eigenvalue weighted by molar-refractivity contribution is -0.137. The second-order valence-corrected chi connectivity index (χ2v) is 11.9. The molecule has 0 amide bonds. The fourth-order valence-corrected chi connectivity index (χ4v) is 4.74. The summed E-state index contributed by atoms with van der Waals surface area (Å²) in [6, 6.07) is 21.3. The van der Waals surface area contributed by atoms with E-state index in [1.807, 2.05) is 24.3 Å². The van der Waals surface area contributed by atoms with Crippen molar-refractivity contribution < 1.29 is 33.3 Å². The molecule has 0 aliphatic heterocycles. The van der Waals surface area contributed by atoms with Crippen molar-refractivity contribution in [1.29, 1.82) is 0 Å². The smallest absolute Gasteiger partial charge is 0.343 e. The molecule has 0 aliphatic rings. The van der Waals surface area contributed by atoms with Gasteiger partial charge in [0.25, 0.3) is 0 Å². The lowest BCUT2D eigenvalue weighted by Crippen LogP contribution is -2.11. The first kappa shape index (κ1) is 36.4. The summed E-state index contributed by atoms with van der Waals surface area (Å²) in [5, 5.41) is -0.242. The van der Waals surface area contributed by atoms with E-state index in [1.165, 1.54) is 44.6 Å². The van der Waals surface area contributed by atoms with Crippen LogP contribution in [0.15, 0.2) is 85.5 Å². The van der Waals surface area contributed by atoms with Gasteiger partial charge in [-0.3, -0.25) is 0 Å². The Hall–Kier alpha value is -4.10. The highest BCUT2D eigenvalue weighted by molar-refractivity contribution is 6.20. The first-order chi connectivity index (χ1) is 22.4. The van der Waals surface area contributed by atoms with Gasteiger partial charge in [-0.2, -0.15) is 0 Å². The maximum Gasteiger partial charge on any atom is 0.343 e. The van der Waals surface area contributed by atoms with Crippen molar-refractivity contribution in [3.8, 4) is 22.6 Å². The molecule has 0 heterocycles. The van der Waals surface area contributed by atoms with Crippen LogP contribution >= 0.6 is 11.6 Å². The molecule has 1 atom stereocenters. The predicted octanol–water partition coefficient (Wildman–Crippen LogP) is 9.37. The van der Waals surface area contributed by atoms with Gasteiger partial charge < -0.3 is 18.9 Å². The van der Waals surface area contributed by atoms with E-state index in [2.05, 4.69) is 6.58 Å². The third kappa shape index (κ3) is 13.9. The Labute approximate surface area is 277 Å². The molecule has 3 aromatic carbocycles. The molecule has 1 unspecified atom stereocenters. The SMILES string of the molecule is C=CC(=O)OCCCCCCCCCCCCOc1ccc(C(=O)Oc2ccc(-c3ccc(C(=O)OCC(C)Cl)cc3)cc2)cc1. The van der Waals surface area contributed by atoms with Gasteiger partial charge in [-0.05, 0) is 79.4 Å². The Morgan fingerprint density at radius 3 is 1.63 bits per heavy atom. The van der Waals surface area contributed by atoms with E-state index >= 15 is 0 Å². The summed E-state index contributed by atoms with van der Waals surface area (Å²) in [6.07, 6.45) is 12.7. The van der Waals surface area contributed by atoms with Crippen LogP contribution in [-0.4, -0.2) is 43.1 Å². The van der Waals surface area contributed by atoms with E-state index in [-0.39, 0.29) is 18.0 Å². The minimum absolute atomic E-state index is 0.158. The van der Waals surface area contributed by atoms with E-state index in [0.29, 0.717) is 30.1 Å². The molecular weight excluding hydrogens is 604 g/mol. The lowest BCUT2D eigenvalue weighted by atomic mass is 10.0. The first-order valence-electron chi connectivity index (χ1n) is 16.1. The van der Waals surface area contributed by atoms with Crippen LogP contribution < -0.4 is 9.47 Å². The average Bonchev–Trinajstić information content (AvgIpc) is 3.07. The van der Waals surface area contributed by atoms with Gasteiger partial charge in [0.05, 0.1) is 29.7 Å². The summed E-state index contributed by atoms with van der Waals surface area (Å²) < 4.78 is 21.5. The van der Waals surface area contributed by atoms with Gasteiger partial charge in [-0.1, -0.05) is 82.2 Å². The molecule has 0 fully saturated rings. The number of esters is 3. The van der Waals surface area contributed by atoms with Gasteiger partial charge in [0.1, 0.15) is 18.1 Å². The van der Waals surface area contributed by atoms with Crippen molar-refractivity contribution in [1.82, 2.24) is 0 Å². The molecule has 46 heavy (non-hydrogen) atoms. The Bertz CT molecular complexity index is 1350. The molecule has 0 aliphatic carbocycles. The van der Waals surface area contributed by atoms with Crippen LogP contribution in [0.2, 0.25) is 0 Å². The number of unbranched alkanes of at least 4 members (excludes halogenated alkanes) is 9. The van der Waals surface area contributed by atoms with Crippen LogP contribution in [0.25, 0.3) is 11.1 Å². The number of halogens is 1. The van der Waals surface area contributed by atoms with Crippen molar-refractivity contribution in [3.63, 3.8) is 0 Å². The molecule has 0 saturated heterocycles. The minimum Gasteiger partial charge on any atom is -0.494 e. The number of carbonyl (C=O) groups excluding carboxylic acids is 3. The topological polar surface area (TPSA) is 88.1 Å². The Balaban J connectivity index is 1.27. The van der Waals surface area contributed by atoms with Crippen molar-refractivity contribution in [2.45, 2.75) is 76.5 Å². The third-order valence-corrected chi connectivity index (χ3v) is 7.40. The molecule has 0 bridgehead atoms. The molecule has 3 aromatic rings. The van der Waals surface area contributed by atoms with Crippen LogP contribution in [-0.2, 0) is 14.3 Å². The molecule has 246 valence electrons. The molecule has 0 spiro atoms. The molecule has 3 rings (SSSR count). The van der Waals surface area contributed by atoms with Gasteiger partial charge in [0.2, 0.25) is 0 Å². The number of hydrogen-bond acceptors (Lipinski definition) is 7. The van der Waals surface area contributed by atoms with Gasteiger partial charge in [-0.15, -0.1) is 11.6 Å². The van der Waals surface area contributed by atoms with Gasteiger partial charge >= 0.3 is 17.9 Å². The maximum atomic E-state index is 12.7. The minimum atomic E-state index is -0.442. The Kier molecular flexibility index (Phi) is 16.5. The predicted molar refractivity (Wildman–Crippen MR) is 182 cm³/mol. The summed E-state index contributed by atoms with van der Waals surface area (Å²) >= 11 is 5.84. The number of benzene rings is 3. The second kappa shape index (κ2) is 20.8. The third-order valence-electron chi connectivity index (χ3n) is 7.27. The molecule has 8 heteroatoms. The number of alkyl halides is 1. The Morgan fingerprint density at radius 2 is 1.09 bits per heavy atom. The van der Waals surface area contributed by atoms with Crippen molar-refractivity contribution >= 4 is 29.5 Å². The van der Waals surface area contributed by atoms with Gasteiger partial charge in [0.15, 0.2) is 0 Å². The largest absolute Gasteiger partial charge is 0.494 e.